The molecule has 9 heteroatoms. The lowest BCUT2D eigenvalue weighted by molar-refractivity contribution is -0.176. The van der Waals surface area contributed by atoms with E-state index in [0.717, 1.165) is 16.8 Å². The number of benzene rings is 2. The van der Waals surface area contributed by atoms with Crippen molar-refractivity contribution >= 4 is 5.96 Å². The molecular weight excluding hydrogens is 421 g/mol. The summed E-state index contributed by atoms with van der Waals surface area (Å²) in [6, 6.07) is 15.1. The molecule has 0 unspecified atom stereocenters. The summed E-state index contributed by atoms with van der Waals surface area (Å²) in [6.07, 6.45) is -2.71. The van der Waals surface area contributed by atoms with Crippen molar-refractivity contribution in [1.29, 1.82) is 0 Å². The average Bonchev–Trinajstić information content (AvgIpc) is 3.23. The normalized spacial score (nSPS) is 12.1. The fourth-order valence-corrected chi connectivity index (χ4v) is 2.84. The number of nitrogens with zero attached hydrogens (tertiary/aromatic N) is 2. The van der Waals surface area contributed by atoms with Gasteiger partial charge in [0, 0.05) is 19.2 Å². The molecule has 0 aliphatic heterocycles. The van der Waals surface area contributed by atoms with E-state index in [1.807, 2.05) is 43.3 Å². The van der Waals surface area contributed by atoms with Gasteiger partial charge in [0.25, 0.3) is 0 Å². The van der Waals surface area contributed by atoms with E-state index >= 15 is 0 Å². The third-order valence-corrected chi connectivity index (χ3v) is 4.53. The van der Waals surface area contributed by atoms with Crippen LogP contribution in [0, 0.1) is 6.92 Å². The van der Waals surface area contributed by atoms with E-state index in [4.69, 9.17) is 4.42 Å². The number of aryl methyl sites for hydroxylation is 1. The summed E-state index contributed by atoms with van der Waals surface area (Å²) >= 11 is 0. The molecule has 0 bridgehead atoms. The molecule has 0 atom stereocenters. The topological polar surface area (TPSA) is 71.7 Å². The lowest BCUT2D eigenvalue weighted by Gasteiger charge is -2.11. The van der Waals surface area contributed by atoms with Crippen LogP contribution >= 0.6 is 0 Å². The van der Waals surface area contributed by atoms with Crippen LogP contribution in [0.15, 0.2) is 64.2 Å². The molecule has 0 radical (unpaired) electrons. The van der Waals surface area contributed by atoms with Crippen molar-refractivity contribution in [2.24, 2.45) is 4.99 Å². The van der Waals surface area contributed by atoms with Crippen molar-refractivity contribution in [2.45, 2.75) is 32.8 Å². The molecule has 0 fully saturated rings. The van der Waals surface area contributed by atoms with Gasteiger partial charge in [-0.15, -0.1) is 0 Å². The summed E-state index contributed by atoms with van der Waals surface area (Å²) < 4.78 is 46.6. The first kappa shape index (κ1) is 23.3. The van der Waals surface area contributed by atoms with Gasteiger partial charge in [0.2, 0.25) is 5.89 Å². The van der Waals surface area contributed by atoms with Crippen molar-refractivity contribution in [2.75, 3.05) is 13.7 Å². The molecule has 0 saturated carbocycles. The molecule has 1 aromatic heterocycles. The Bertz CT molecular complexity index is 1010. The Labute approximate surface area is 184 Å². The first-order valence-corrected chi connectivity index (χ1v) is 10.0. The van der Waals surface area contributed by atoms with Gasteiger partial charge in [0.05, 0.1) is 18.8 Å². The monoisotopic (exact) mass is 446 g/mol. The quantitative estimate of drug-likeness (QED) is 0.391. The minimum absolute atomic E-state index is 0.0846. The fourth-order valence-electron chi connectivity index (χ4n) is 2.84. The average molecular weight is 446 g/mol. The van der Waals surface area contributed by atoms with Gasteiger partial charge in [-0.25, -0.2) is 4.98 Å². The number of halogens is 3. The van der Waals surface area contributed by atoms with Gasteiger partial charge in [0.15, 0.2) is 5.96 Å². The molecule has 6 nitrogen and oxygen atoms in total. The number of alkyl halides is 3. The molecule has 0 aliphatic rings. The first-order chi connectivity index (χ1) is 15.3. The van der Waals surface area contributed by atoms with Crippen LogP contribution in [0.3, 0.4) is 0 Å². The van der Waals surface area contributed by atoms with Crippen molar-refractivity contribution in [1.82, 2.24) is 15.6 Å². The maximum absolute atomic E-state index is 12.1. The number of hydrogen-bond donors (Lipinski definition) is 2. The Hall–Kier alpha value is -3.33. The lowest BCUT2D eigenvalue weighted by Crippen LogP contribution is -2.36. The van der Waals surface area contributed by atoms with Crippen molar-refractivity contribution in [3.05, 3.63) is 77.2 Å². The molecule has 0 spiro atoms. The minimum atomic E-state index is -4.32. The molecule has 1 heterocycles. The smallest absolute Gasteiger partial charge is 0.411 e. The molecule has 3 aromatic rings. The first-order valence-electron chi connectivity index (χ1n) is 10.0. The number of rotatable bonds is 8. The highest BCUT2D eigenvalue weighted by Gasteiger charge is 2.27. The summed E-state index contributed by atoms with van der Waals surface area (Å²) in [5.41, 5.74) is 4.45. The molecule has 0 amide bonds. The third kappa shape index (κ3) is 7.42. The van der Waals surface area contributed by atoms with E-state index in [2.05, 4.69) is 25.3 Å². The number of ether oxygens (including phenoxy) is 1. The van der Waals surface area contributed by atoms with Crippen LogP contribution < -0.4 is 10.6 Å². The van der Waals surface area contributed by atoms with Gasteiger partial charge in [-0.1, -0.05) is 42.0 Å². The van der Waals surface area contributed by atoms with E-state index in [-0.39, 0.29) is 6.61 Å². The van der Waals surface area contributed by atoms with E-state index in [0.29, 0.717) is 30.5 Å². The molecular formula is C23H25F3N4O2. The summed E-state index contributed by atoms with van der Waals surface area (Å²) in [7, 11) is 1.66. The lowest BCUT2D eigenvalue weighted by atomic mass is 10.1. The molecule has 2 aromatic carbocycles. The number of guanidine groups is 1. The highest BCUT2D eigenvalue weighted by Crippen LogP contribution is 2.19. The molecule has 2 N–H and O–H groups in total. The Balaban J connectivity index is 1.44. The Kier molecular flexibility index (Phi) is 7.88. The second-order valence-electron chi connectivity index (χ2n) is 7.21. The van der Waals surface area contributed by atoms with Crippen LogP contribution in [0.25, 0.3) is 11.5 Å². The number of aliphatic imine (C=N–C) groups is 1. The van der Waals surface area contributed by atoms with Gasteiger partial charge < -0.3 is 19.8 Å². The van der Waals surface area contributed by atoms with Crippen molar-refractivity contribution in [3.63, 3.8) is 0 Å². The molecule has 32 heavy (non-hydrogen) atoms. The zero-order chi connectivity index (χ0) is 23.0. The summed E-state index contributed by atoms with van der Waals surface area (Å²) in [5, 5.41) is 6.36. The second-order valence-corrected chi connectivity index (χ2v) is 7.21. The van der Waals surface area contributed by atoms with Crippen molar-refractivity contribution in [3.8, 4) is 11.5 Å². The number of aromatic nitrogens is 1. The van der Waals surface area contributed by atoms with Crippen LogP contribution in [0.5, 0.6) is 0 Å². The predicted molar refractivity (Wildman–Crippen MR) is 116 cm³/mol. The molecule has 0 saturated heterocycles. The van der Waals surface area contributed by atoms with Crippen LogP contribution in [0.2, 0.25) is 0 Å². The standard InChI is InChI=1S/C23H25F3N4O2/c1-16-3-9-19(10-4-16)21-30-20(14-32-21)12-29-22(27-2)28-11-17-5-7-18(8-6-17)13-31-15-23(24,25)26/h3-10,14H,11-13,15H2,1-2H3,(H2,27,28,29). The van der Waals surface area contributed by atoms with Gasteiger partial charge in [-0.3, -0.25) is 4.99 Å². The Morgan fingerprint density at radius 3 is 2.31 bits per heavy atom. The van der Waals surface area contributed by atoms with Crippen molar-refractivity contribution < 1.29 is 22.3 Å². The highest BCUT2D eigenvalue weighted by molar-refractivity contribution is 5.79. The maximum Gasteiger partial charge on any atom is 0.411 e. The van der Waals surface area contributed by atoms with Crippen LogP contribution in [0.4, 0.5) is 13.2 Å². The Morgan fingerprint density at radius 1 is 1.00 bits per heavy atom. The highest BCUT2D eigenvalue weighted by atomic mass is 19.4. The molecule has 170 valence electrons. The second kappa shape index (κ2) is 10.8. The zero-order valence-corrected chi connectivity index (χ0v) is 17.9. The number of oxazole rings is 1. The number of nitrogens with one attached hydrogen (secondary N) is 2. The van der Waals surface area contributed by atoms with E-state index in [1.165, 1.54) is 5.56 Å². The summed E-state index contributed by atoms with van der Waals surface area (Å²) in [4.78, 5) is 8.67. The summed E-state index contributed by atoms with van der Waals surface area (Å²) in [5.74, 6) is 1.14. The van der Waals surface area contributed by atoms with Gasteiger partial charge in [-0.2, -0.15) is 13.2 Å². The fraction of sp³-hybridized carbons (Fsp3) is 0.304. The van der Waals surface area contributed by atoms with Crippen LogP contribution in [0.1, 0.15) is 22.4 Å². The van der Waals surface area contributed by atoms with E-state index in [9.17, 15) is 13.2 Å². The molecule has 0 aliphatic carbocycles. The SMILES string of the molecule is CN=C(NCc1ccc(COCC(F)(F)F)cc1)NCc1coc(-c2ccc(C)cc2)n1. The van der Waals surface area contributed by atoms with Crippen LogP contribution in [-0.4, -0.2) is 30.8 Å². The van der Waals surface area contributed by atoms with Crippen LogP contribution in [-0.2, 0) is 24.4 Å². The third-order valence-electron chi connectivity index (χ3n) is 4.53. The zero-order valence-electron chi connectivity index (χ0n) is 17.9. The van der Waals surface area contributed by atoms with Gasteiger partial charge >= 0.3 is 6.18 Å². The summed E-state index contributed by atoms with van der Waals surface area (Å²) in [6.45, 7) is 1.62. The van der Waals surface area contributed by atoms with E-state index in [1.54, 1.807) is 25.4 Å². The van der Waals surface area contributed by atoms with Gasteiger partial charge in [-0.05, 0) is 30.2 Å². The molecule has 3 rings (SSSR count). The van der Waals surface area contributed by atoms with Gasteiger partial charge in [0.1, 0.15) is 12.9 Å². The largest absolute Gasteiger partial charge is 0.444 e. The predicted octanol–water partition coefficient (Wildman–Crippen LogP) is 4.59. The number of hydrogen-bond acceptors (Lipinski definition) is 4. The minimum Gasteiger partial charge on any atom is -0.444 e. The van der Waals surface area contributed by atoms with E-state index < -0.39 is 12.8 Å². The Morgan fingerprint density at radius 2 is 1.66 bits per heavy atom. The maximum atomic E-state index is 12.1.